The molecule has 248 valence electrons. The van der Waals surface area contributed by atoms with Crippen molar-refractivity contribution in [2.75, 3.05) is 30.4 Å². The van der Waals surface area contributed by atoms with E-state index >= 15 is 0 Å². The lowest BCUT2D eigenvalue weighted by Crippen LogP contribution is -2.33. The number of azo groups is 1. The van der Waals surface area contributed by atoms with Gasteiger partial charge < -0.3 is 31.5 Å². The van der Waals surface area contributed by atoms with Crippen LogP contribution < -0.4 is 26.4 Å². The first kappa shape index (κ1) is 34.7. The number of halogens is 1. The van der Waals surface area contributed by atoms with E-state index in [9.17, 15) is 23.1 Å². The van der Waals surface area contributed by atoms with Gasteiger partial charge in [0.25, 0.3) is 10.1 Å². The first-order chi connectivity index (χ1) is 22.2. The minimum Gasteiger partial charge on any atom is -0.505 e. The van der Waals surface area contributed by atoms with Crippen LogP contribution in [-0.4, -0.2) is 66.6 Å². The quantitative estimate of drug-likeness (QED) is 0.102. The number of phenols is 1. The van der Waals surface area contributed by atoms with Crippen LogP contribution in [0.2, 0.25) is 5.28 Å². The molecule has 47 heavy (non-hydrogen) atoms. The Labute approximate surface area is 274 Å². The first-order valence-corrected chi connectivity index (χ1v) is 15.8. The molecule has 0 bridgehead atoms. The molecule has 0 aliphatic carbocycles. The highest BCUT2D eigenvalue weighted by Gasteiger charge is 2.26. The minimum absolute atomic E-state index is 0.00683. The molecule has 0 radical (unpaired) electrons. The molecule has 0 aliphatic heterocycles. The number of ether oxygens (including phenoxy) is 1. The number of nitrogens with one attached hydrogen (secondary N) is 1. The number of carbonyl (C=O) groups excluding carboxylic acids is 2. The lowest BCUT2D eigenvalue weighted by Gasteiger charge is -2.22. The van der Waals surface area contributed by atoms with Gasteiger partial charge in [0, 0.05) is 37.0 Å². The number of primary amides is 2. The summed E-state index contributed by atoms with van der Waals surface area (Å²) < 4.78 is 36.9. The van der Waals surface area contributed by atoms with E-state index < -0.39 is 38.7 Å². The molecule has 1 heterocycles. The van der Waals surface area contributed by atoms with E-state index in [4.69, 9.17) is 32.0 Å². The van der Waals surface area contributed by atoms with E-state index in [0.717, 1.165) is 0 Å². The predicted molar refractivity (Wildman–Crippen MR) is 174 cm³/mol. The molecule has 2 amide bonds. The summed E-state index contributed by atoms with van der Waals surface area (Å²) in [5, 5.41) is 22.8. The lowest BCUT2D eigenvalue weighted by molar-refractivity contribution is -0.118. The van der Waals surface area contributed by atoms with Crippen LogP contribution in [0.4, 0.5) is 29.0 Å². The molecule has 0 aliphatic rings. The number of hydrogen-bond donors (Lipinski definition) is 4. The molecule has 18 heteroatoms. The summed E-state index contributed by atoms with van der Waals surface area (Å²) in [6.45, 7) is 3.28. The first-order valence-electron chi connectivity index (χ1n) is 14.0. The van der Waals surface area contributed by atoms with Crippen molar-refractivity contribution < 1.29 is 32.0 Å². The summed E-state index contributed by atoms with van der Waals surface area (Å²) in [6, 6.07) is 12.5. The van der Waals surface area contributed by atoms with Gasteiger partial charge in [-0.15, -0.1) is 5.11 Å². The van der Waals surface area contributed by atoms with Crippen LogP contribution in [0.15, 0.2) is 63.7 Å². The molecular formula is C29H32ClN9O7S. The Morgan fingerprint density at radius 3 is 2.26 bits per heavy atom. The van der Waals surface area contributed by atoms with Crippen molar-refractivity contribution in [3.63, 3.8) is 0 Å². The fourth-order valence-corrected chi connectivity index (χ4v) is 5.66. The van der Waals surface area contributed by atoms with E-state index in [2.05, 4.69) is 30.5 Å². The van der Waals surface area contributed by atoms with Gasteiger partial charge in [-0.05, 0) is 79.4 Å². The lowest BCUT2D eigenvalue weighted by atomic mass is 10.1. The molecule has 1 aromatic heterocycles. The van der Waals surface area contributed by atoms with Gasteiger partial charge in [-0.2, -0.15) is 28.5 Å². The zero-order chi connectivity index (χ0) is 34.3. The number of nitrogens with two attached hydrogens (primary N) is 2. The monoisotopic (exact) mass is 685 g/mol. The van der Waals surface area contributed by atoms with Gasteiger partial charge in [0.05, 0.1) is 18.9 Å². The van der Waals surface area contributed by atoms with E-state index in [1.165, 1.54) is 24.1 Å². The third-order valence-electron chi connectivity index (χ3n) is 6.37. The molecule has 0 fully saturated rings. The summed E-state index contributed by atoms with van der Waals surface area (Å²) in [4.78, 5) is 36.4. The van der Waals surface area contributed by atoms with Crippen LogP contribution in [0.3, 0.4) is 0 Å². The number of phenolic OH excluding ortho intramolecular Hbond substituents is 1. The van der Waals surface area contributed by atoms with Gasteiger partial charge in [0.15, 0.2) is 5.75 Å². The third-order valence-corrected chi connectivity index (χ3v) is 8.03. The van der Waals surface area contributed by atoms with E-state index in [1.54, 1.807) is 50.2 Å². The van der Waals surface area contributed by atoms with Crippen molar-refractivity contribution in [2.24, 2.45) is 21.7 Å². The summed E-state index contributed by atoms with van der Waals surface area (Å²) in [5.74, 6) is -0.945. The SMILES string of the molecule is COc1ccc(N=Nc2c(S(=O)(=O)OC(C)C)cc3cc(Nc4nc(Cl)nc(N(CCC(N)=O)CCC(N)=O)n4)ccc3c2O)cc1. The third kappa shape index (κ3) is 9.21. The van der Waals surface area contributed by atoms with Crippen molar-refractivity contribution in [3.8, 4) is 11.5 Å². The average molecular weight is 686 g/mol. The number of benzene rings is 3. The Morgan fingerprint density at radius 1 is 1.00 bits per heavy atom. The Bertz CT molecular complexity index is 1910. The van der Waals surface area contributed by atoms with Gasteiger partial charge in [-0.1, -0.05) is 0 Å². The maximum absolute atomic E-state index is 13.3. The smallest absolute Gasteiger partial charge is 0.299 e. The maximum atomic E-state index is 13.3. The molecular weight excluding hydrogens is 654 g/mol. The summed E-state index contributed by atoms with van der Waals surface area (Å²) in [6.07, 6.45) is -0.802. The largest absolute Gasteiger partial charge is 0.505 e. The van der Waals surface area contributed by atoms with Gasteiger partial charge >= 0.3 is 0 Å². The van der Waals surface area contributed by atoms with Crippen molar-refractivity contribution >= 4 is 73.3 Å². The van der Waals surface area contributed by atoms with Gasteiger partial charge in [-0.25, -0.2) is 0 Å². The number of nitrogens with zero attached hydrogens (tertiary/aromatic N) is 6. The highest BCUT2D eigenvalue weighted by molar-refractivity contribution is 7.87. The second-order valence-electron chi connectivity index (χ2n) is 10.3. The predicted octanol–water partition coefficient (Wildman–Crippen LogP) is 4.22. The second kappa shape index (κ2) is 15.0. The van der Waals surface area contributed by atoms with Gasteiger partial charge in [0.1, 0.15) is 16.3 Å². The fraction of sp³-hybridized carbons (Fsp3) is 0.276. The molecule has 0 saturated carbocycles. The number of aromatic hydroxyl groups is 1. The highest BCUT2D eigenvalue weighted by atomic mass is 35.5. The van der Waals surface area contributed by atoms with Crippen LogP contribution in [0.25, 0.3) is 10.8 Å². The molecule has 0 atom stereocenters. The highest BCUT2D eigenvalue weighted by Crippen LogP contribution is 2.43. The number of fused-ring (bicyclic) bond motifs is 1. The van der Waals surface area contributed by atoms with Crippen molar-refractivity contribution in [1.29, 1.82) is 0 Å². The van der Waals surface area contributed by atoms with Crippen LogP contribution in [0, 0.1) is 0 Å². The Kier molecular flexibility index (Phi) is 11.1. The van der Waals surface area contributed by atoms with Crippen molar-refractivity contribution in [3.05, 3.63) is 53.8 Å². The second-order valence-corrected chi connectivity index (χ2v) is 12.2. The van der Waals surface area contributed by atoms with Crippen LogP contribution in [-0.2, 0) is 23.9 Å². The van der Waals surface area contributed by atoms with Crippen molar-refractivity contribution in [1.82, 2.24) is 15.0 Å². The molecule has 16 nitrogen and oxygen atoms in total. The molecule has 3 aromatic carbocycles. The summed E-state index contributed by atoms with van der Waals surface area (Å²) in [5.41, 5.74) is 11.0. The molecule has 0 unspecified atom stereocenters. The number of hydrogen-bond acceptors (Lipinski definition) is 14. The number of carbonyl (C=O) groups is 2. The molecule has 4 aromatic rings. The zero-order valence-electron chi connectivity index (χ0n) is 25.5. The average Bonchev–Trinajstić information content (AvgIpc) is 2.99. The Morgan fingerprint density at radius 2 is 1.66 bits per heavy atom. The molecule has 6 N–H and O–H groups in total. The summed E-state index contributed by atoms with van der Waals surface area (Å²) in [7, 11) is -2.89. The Hall–Kier alpha value is -5.13. The maximum Gasteiger partial charge on any atom is 0.299 e. The van der Waals surface area contributed by atoms with Crippen LogP contribution in [0.5, 0.6) is 11.5 Å². The van der Waals surface area contributed by atoms with Crippen LogP contribution in [0.1, 0.15) is 26.7 Å². The van der Waals surface area contributed by atoms with E-state index in [-0.39, 0.29) is 54.2 Å². The molecule has 0 spiro atoms. The van der Waals surface area contributed by atoms with E-state index in [1.807, 2.05) is 0 Å². The van der Waals surface area contributed by atoms with E-state index in [0.29, 0.717) is 22.5 Å². The summed E-state index contributed by atoms with van der Waals surface area (Å²) >= 11 is 6.17. The van der Waals surface area contributed by atoms with Crippen LogP contribution >= 0.6 is 11.6 Å². The number of anilines is 3. The van der Waals surface area contributed by atoms with Crippen molar-refractivity contribution in [2.45, 2.75) is 37.7 Å². The number of aromatic nitrogens is 3. The number of methoxy groups -OCH3 is 1. The minimum atomic E-state index is -4.41. The van der Waals surface area contributed by atoms with Gasteiger partial charge in [-0.3, -0.25) is 13.8 Å². The number of rotatable bonds is 15. The fourth-order valence-electron chi connectivity index (χ4n) is 4.25. The molecule has 0 saturated heterocycles. The van der Waals surface area contributed by atoms with Gasteiger partial charge in [0.2, 0.25) is 29.0 Å². The molecule has 4 rings (SSSR count). The Balaban J connectivity index is 1.74. The normalized spacial score (nSPS) is 11.7. The number of amides is 2. The topological polar surface area (TPSA) is 238 Å². The standard InChI is InChI=1S/C29H32ClN9O7S/c1-16(2)46-47(43,44)22-15-17-14-19(6-9-21(17)26(42)25(22)38-37-18-4-7-20(45-3)8-5-18)33-28-34-27(30)35-29(36-28)39(12-10-23(31)40)13-11-24(32)41/h4-9,14-16,42H,10-13H2,1-3H3,(H2,31,40)(H2,32,41)(H,33,34,35,36). The zero-order valence-corrected chi connectivity index (χ0v) is 27.1.